The third-order valence-electron chi connectivity index (χ3n) is 3.00. The zero-order valence-electron chi connectivity index (χ0n) is 10.9. The van der Waals surface area contributed by atoms with E-state index in [4.69, 9.17) is 10.5 Å². The molecular weight excluding hydrogens is 222 g/mol. The Morgan fingerprint density at radius 2 is 1.67 bits per heavy atom. The van der Waals surface area contributed by atoms with Crippen LogP contribution in [0, 0.1) is 0 Å². The number of hydrogen-bond acceptors (Lipinski definition) is 2. The second-order valence-electron chi connectivity index (χ2n) is 4.71. The first-order valence-electron chi connectivity index (χ1n) is 6.23. The van der Waals surface area contributed by atoms with Gasteiger partial charge in [-0.15, -0.1) is 0 Å². The number of para-hydroxylation sites is 1. The van der Waals surface area contributed by atoms with Gasteiger partial charge in [0.1, 0.15) is 12.4 Å². The van der Waals surface area contributed by atoms with Crippen molar-refractivity contribution < 1.29 is 4.74 Å². The molecule has 0 aromatic heterocycles. The van der Waals surface area contributed by atoms with Gasteiger partial charge in [0.05, 0.1) is 0 Å². The van der Waals surface area contributed by atoms with Gasteiger partial charge in [0.2, 0.25) is 0 Å². The Morgan fingerprint density at radius 3 is 2.28 bits per heavy atom. The lowest BCUT2D eigenvalue weighted by Crippen LogP contribution is -1.99. The molecule has 0 spiro atoms. The molecule has 0 aliphatic carbocycles. The van der Waals surface area contributed by atoms with Gasteiger partial charge < -0.3 is 10.5 Å². The maximum absolute atomic E-state index is 5.87. The smallest absolute Gasteiger partial charge is 0.119 e. The fourth-order valence-electron chi connectivity index (χ4n) is 1.78. The molecule has 2 aromatic rings. The summed E-state index contributed by atoms with van der Waals surface area (Å²) in [4.78, 5) is 0. The third-order valence-corrected chi connectivity index (χ3v) is 3.00. The lowest BCUT2D eigenvalue weighted by molar-refractivity contribution is 0.307. The first-order valence-corrected chi connectivity index (χ1v) is 6.23. The molecule has 0 amide bonds. The molecule has 2 nitrogen and oxygen atoms in total. The monoisotopic (exact) mass is 241 g/mol. The van der Waals surface area contributed by atoms with E-state index in [2.05, 4.69) is 26.0 Å². The summed E-state index contributed by atoms with van der Waals surface area (Å²) >= 11 is 0. The molecule has 2 N–H and O–H groups in total. The van der Waals surface area contributed by atoms with Gasteiger partial charge in [0, 0.05) is 11.3 Å². The minimum absolute atomic E-state index is 0.508. The predicted octanol–water partition coefficient (Wildman–Crippen LogP) is 3.97. The molecule has 0 saturated carbocycles. The fourth-order valence-corrected chi connectivity index (χ4v) is 1.78. The van der Waals surface area contributed by atoms with Gasteiger partial charge in [-0.3, -0.25) is 0 Å². The molecule has 18 heavy (non-hydrogen) atoms. The predicted molar refractivity (Wildman–Crippen MR) is 75.7 cm³/mol. The molecular formula is C16H19NO. The van der Waals surface area contributed by atoms with Crippen LogP contribution in [0.1, 0.15) is 30.9 Å². The van der Waals surface area contributed by atoms with E-state index in [0.717, 1.165) is 17.0 Å². The topological polar surface area (TPSA) is 35.2 Å². The molecule has 0 aliphatic rings. The van der Waals surface area contributed by atoms with Gasteiger partial charge in [0.15, 0.2) is 0 Å². The molecule has 0 aliphatic heterocycles. The van der Waals surface area contributed by atoms with Gasteiger partial charge in [-0.05, 0) is 29.7 Å². The maximum atomic E-state index is 5.87. The van der Waals surface area contributed by atoms with Crippen molar-refractivity contribution in [1.29, 1.82) is 0 Å². The van der Waals surface area contributed by atoms with Gasteiger partial charge in [-0.2, -0.15) is 0 Å². The van der Waals surface area contributed by atoms with Crippen LogP contribution in [0.15, 0.2) is 48.5 Å². The van der Waals surface area contributed by atoms with Gasteiger partial charge in [-0.25, -0.2) is 0 Å². The second kappa shape index (κ2) is 5.58. The standard InChI is InChI=1S/C16H19NO/c1-12(2)13-7-9-15(10-8-13)18-11-14-5-3-4-6-16(14)17/h3-10,12H,11,17H2,1-2H3. The van der Waals surface area contributed by atoms with Crippen LogP contribution in [0.25, 0.3) is 0 Å². The van der Waals surface area contributed by atoms with E-state index < -0.39 is 0 Å². The van der Waals surface area contributed by atoms with Crippen molar-refractivity contribution in [2.24, 2.45) is 0 Å². The van der Waals surface area contributed by atoms with Gasteiger partial charge >= 0.3 is 0 Å². The molecule has 0 fully saturated rings. The number of anilines is 1. The van der Waals surface area contributed by atoms with Crippen molar-refractivity contribution in [3.05, 3.63) is 59.7 Å². The van der Waals surface area contributed by atoms with Crippen molar-refractivity contribution in [1.82, 2.24) is 0 Å². The Bertz CT molecular complexity index is 503. The molecule has 0 heterocycles. The second-order valence-corrected chi connectivity index (χ2v) is 4.71. The molecule has 0 saturated heterocycles. The number of hydrogen-bond donors (Lipinski definition) is 1. The summed E-state index contributed by atoms with van der Waals surface area (Å²) in [6, 6.07) is 16.0. The molecule has 0 bridgehead atoms. The average Bonchev–Trinajstić information content (AvgIpc) is 2.38. The van der Waals surface area contributed by atoms with E-state index in [1.165, 1.54) is 5.56 Å². The lowest BCUT2D eigenvalue weighted by atomic mass is 10.0. The highest BCUT2D eigenvalue weighted by molar-refractivity contribution is 5.46. The minimum atomic E-state index is 0.508. The molecule has 2 aromatic carbocycles. The van der Waals surface area contributed by atoms with E-state index in [9.17, 15) is 0 Å². The third kappa shape index (κ3) is 3.04. The quantitative estimate of drug-likeness (QED) is 0.822. The van der Waals surface area contributed by atoms with Crippen molar-refractivity contribution in [2.75, 3.05) is 5.73 Å². The van der Waals surface area contributed by atoms with Crippen LogP contribution in [0.4, 0.5) is 5.69 Å². The van der Waals surface area contributed by atoms with Crippen molar-refractivity contribution in [2.45, 2.75) is 26.4 Å². The van der Waals surface area contributed by atoms with Crippen molar-refractivity contribution >= 4 is 5.69 Å². The maximum Gasteiger partial charge on any atom is 0.119 e. The number of nitrogen functional groups attached to an aromatic ring is 1. The van der Waals surface area contributed by atoms with Crippen LogP contribution in [0.3, 0.4) is 0 Å². The van der Waals surface area contributed by atoms with E-state index in [1.54, 1.807) is 0 Å². The Balaban J connectivity index is 2.00. The van der Waals surface area contributed by atoms with Crippen molar-refractivity contribution in [3.63, 3.8) is 0 Å². The van der Waals surface area contributed by atoms with Crippen LogP contribution in [0.5, 0.6) is 5.75 Å². The summed E-state index contributed by atoms with van der Waals surface area (Å²) in [5.41, 5.74) is 8.98. The number of rotatable bonds is 4. The number of nitrogens with two attached hydrogens (primary N) is 1. The molecule has 2 heteroatoms. The lowest BCUT2D eigenvalue weighted by Gasteiger charge is -2.10. The Labute approximate surface area is 108 Å². The summed E-state index contributed by atoms with van der Waals surface area (Å²) in [6.07, 6.45) is 0. The molecule has 94 valence electrons. The minimum Gasteiger partial charge on any atom is -0.489 e. The number of ether oxygens (including phenoxy) is 1. The first-order chi connectivity index (χ1) is 8.66. The SMILES string of the molecule is CC(C)c1ccc(OCc2ccccc2N)cc1. The average molecular weight is 241 g/mol. The van der Waals surface area contributed by atoms with Crippen LogP contribution < -0.4 is 10.5 Å². The molecule has 2 rings (SSSR count). The Kier molecular flexibility index (Phi) is 3.88. The van der Waals surface area contributed by atoms with Crippen molar-refractivity contribution in [3.8, 4) is 5.75 Å². The van der Waals surface area contributed by atoms with Crippen LogP contribution in [-0.4, -0.2) is 0 Å². The van der Waals surface area contributed by atoms with E-state index in [0.29, 0.717) is 12.5 Å². The highest BCUT2D eigenvalue weighted by Crippen LogP contribution is 2.20. The van der Waals surface area contributed by atoms with Gasteiger partial charge in [0.25, 0.3) is 0 Å². The highest BCUT2D eigenvalue weighted by Gasteiger charge is 2.01. The normalized spacial score (nSPS) is 10.6. The fraction of sp³-hybridized carbons (Fsp3) is 0.250. The van der Waals surface area contributed by atoms with Crippen LogP contribution >= 0.6 is 0 Å². The van der Waals surface area contributed by atoms with Crippen LogP contribution in [-0.2, 0) is 6.61 Å². The summed E-state index contributed by atoms with van der Waals surface area (Å²) < 4.78 is 5.73. The zero-order valence-corrected chi connectivity index (χ0v) is 10.9. The summed E-state index contributed by atoms with van der Waals surface area (Å²) in [5, 5.41) is 0. The summed E-state index contributed by atoms with van der Waals surface area (Å²) in [7, 11) is 0. The summed E-state index contributed by atoms with van der Waals surface area (Å²) in [6.45, 7) is 4.87. The molecule has 0 atom stereocenters. The Hall–Kier alpha value is -1.96. The molecule has 0 unspecified atom stereocenters. The molecule has 0 radical (unpaired) electrons. The van der Waals surface area contributed by atoms with E-state index in [1.807, 2.05) is 36.4 Å². The Morgan fingerprint density at radius 1 is 1.00 bits per heavy atom. The largest absolute Gasteiger partial charge is 0.489 e. The van der Waals surface area contributed by atoms with Gasteiger partial charge in [-0.1, -0.05) is 44.2 Å². The summed E-state index contributed by atoms with van der Waals surface area (Å²) in [5.74, 6) is 1.42. The highest BCUT2D eigenvalue weighted by atomic mass is 16.5. The van der Waals surface area contributed by atoms with Crippen LogP contribution in [0.2, 0.25) is 0 Å². The van der Waals surface area contributed by atoms with E-state index >= 15 is 0 Å². The zero-order chi connectivity index (χ0) is 13.0. The first kappa shape index (κ1) is 12.5. The number of benzene rings is 2. The van der Waals surface area contributed by atoms with E-state index in [-0.39, 0.29) is 0 Å².